The Bertz CT molecular complexity index is 1070. The lowest BCUT2D eigenvalue weighted by Gasteiger charge is -2.31. The second-order valence-corrected chi connectivity index (χ2v) is 12.1. The number of piperidine rings is 1. The summed E-state index contributed by atoms with van der Waals surface area (Å²) >= 11 is 1.36. The van der Waals surface area contributed by atoms with E-state index in [2.05, 4.69) is 15.5 Å². The Kier molecular flexibility index (Phi) is 5.64. The van der Waals surface area contributed by atoms with Gasteiger partial charge in [-0.25, -0.2) is 8.42 Å². The van der Waals surface area contributed by atoms with Crippen LogP contribution >= 0.6 is 11.3 Å². The molecule has 0 aromatic carbocycles. The molecule has 1 aliphatic heterocycles. The highest BCUT2D eigenvalue weighted by Crippen LogP contribution is 2.41. The third-order valence-electron chi connectivity index (χ3n) is 6.54. The molecule has 3 heterocycles. The number of thiophene rings is 1. The number of nitrogens with one attached hydrogen (secondary N) is 1. The van der Waals surface area contributed by atoms with Gasteiger partial charge in [0.1, 0.15) is 0 Å². The molecule has 0 radical (unpaired) electrons. The molecule has 2 aliphatic carbocycles. The molecule has 168 valence electrons. The van der Waals surface area contributed by atoms with Gasteiger partial charge in [-0.1, -0.05) is 18.0 Å². The Balaban J connectivity index is 1.32. The van der Waals surface area contributed by atoms with Crippen LogP contribution in [0.25, 0.3) is 10.7 Å². The number of rotatable bonds is 6. The summed E-state index contributed by atoms with van der Waals surface area (Å²) in [6.07, 6.45) is 7.89. The number of carbonyl (C=O) groups is 1. The van der Waals surface area contributed by atoms with Gasteiger partial charge in [0, 0.05) is 29.9 Å². The summed E-state index contributed by atoms with van der Waals surface area (Å²) in [5.74, 6) is 1.14. The minimum Gasteiger partial charge on any atom is -0.353 e. The van der Waals surface area contributed by atoms with E-state index < -0.39 is 10.0 Å². The van der Waals surface area contributed by atoms with Crippen molar-refractivity contribution in [1.82, 2.24) is 19.8 Å². The predicted octanol–water partition coefficient (Wildman–Crippen LogP) is 3.44. The zero-order valence-corrected chi connectivity index (χ0v) is 19.3. The molecular formula is C21H28N4O4S2. The van der Waals surface area contributed by atoms with Gasteiger partial charge in [0.15, 0.2) is 0 Å². The Morgan fingerprint density at radius 1 is 1.19 bits per heavy atom. The van der Waals surface area contributed by atoms with Crippen molar-refractivity contribution in [2.24, 2.45) is 5.92 Å². The number of hydrogen-bond acceptors (Lipinski definition) is 7. The van der Waals surface area contributed by atoms with Crippen molar-refractivity contribution in [2.75, 3.05) is 13.1 Å². The maximum Gasteiger partial charge on any atom is 0.244 e. The Hall–Kier alpha value is -1.78. The van der Waals surface area contributed by atoms with Crippen LogP contribution in [0, 0.1) is 12.8 Å². The molecule has 1 atom stereocenters. The minimum absolute atomic E-state index is 0.00562. The summed E-state index contributed by atoms with van der Waals surface area (Å²) in [5.41, 5.74) is 0. The van der Waals surface area contributed by atoms with Crippen molar-refractivity contribution in [3.63, 3.8) is 0 Å². The molecule has 0 bridgehead atoms. The van der Waals surface area contributed by atoms with E-state index in [1.807, 2.05) is 0 Å². The molecule has 2 aromatic rings. The number of nitrogens with zero attached hydrogens (tertiary/aromatic N) is 3. The molecule has 8 nitrogen and oxygen atoms in total. The van der Waals surface area contributed by atoms with Crippen molar-refractivity contribution in [3.8, 4) is 10.7 Å². The summed E-state index contributed by atoms with van der Waals surface area (Å²) in [4.78, 5) is 18.8. The first-order chi connectivity index (χ1) is 14.9. The fourth-order valence-electron chi connectivity index (χ4n) is 4.57. The number of aromatic nitrogens is 2. The Labute approximate surface area is 186 Å². The Morgan fingerprint density at radius 3 is 2.71 bits per heavy atom. The SMILES string of the molecule is Cc1sc(-c2noc(C3CC3)n2)cc1S(=O)(=O)N1CCCC(C(=O)NC2CCCC2)C1. The van der Waals surface area contributed by atoms with Gasteiger partial charge in [0.2, 0.25) is 27.6 Å². The maximum absolute atomic E-state index is 13.4. The van der Waals surface area contributed by atoms with Crippen LogP contribution in [0.3, 0.4) is 0 Å². The topological polar surface area (TPSA) is 105 Å². The fraction of sp³-hybridized carbons (Fsp3) is 0.667. The molecule has 3 aliphatic rings. The zero-order chi connectivity index (χ0) is 21.6. The smallest absolute Gasteiger partial charge is 0.244 e. The van der Waals surface area contributed by atoms with Crippen LogP contribution in [0.15, 0.2) is 15.5 Å². The normalized spacial score (nSPS) is 23.3. The van der Waals surface area contributed by atoms with Gasteiger partial charge in [0.05, 0.1) is 15.7 Å². The van der Waals surface area contributed by atoms with Crippen LogP contribution in [0.1, 0.15) is 68.1 Å². The van der Waals surface area contributed by atoms with Crippen LogP contribution in [-0.4, -0.2) is 47.9 Å². The number of amides is 1. The third kappa shape index (κ3) is 4.29. The maximum atomic E-state index is 13.4. The molecule has 1 saturated heterocycles. The van der Waals surface area contributed by atoms with Crippen LogP contribution in [-0.2, 0) is 14.8 Å². The summed E-state index contributed by atoms with van der Waals surface area (Å²) in [7, 11) is -3.69. The molecular weight excluding hydrogens is 436 g/mol. The van der Waals surface area contributed by atoms with E-state index in [-0.39, 0.29) is 29.3 Å². The highest BCUT2D eigenvalue weighted by Gasteiger charge is 2.36. The monoisotopic (exact) mass is 464 g/mol. The zero-order valence-electron chi connectivity index (χ0n) is 17.7. The van der Waals surface area contributed by atoms with Crippen LogP contribution in [0.2, 0.25) is 0 Å². The fourth-order valence-corrected chi connectivity index (χ4v) is 7.58. The van der Waals surface area contributed by atoms with E-state index in [9.17, 15) is 13.2 Å². The molecule has 1 amide bonds. The quantitative estimate of drug-likeness (QED) is 0.702. The van der Waals surface area contributed by atoms with E-state index in [1.54, 1.807) is 13.0 Å². The summed E-state index contributed by atoms with van der Waals surface area (Å²) in [6.45, 7) is 2.48. The van der Waals surface area contributed by atoms with Crippen molar-refractivity contribution in [2.45, 2.75) is 75.1 Å². The van der Waals surface area contributed by atoms with E-state index in [4.69, 9.17) is 4.52 Å². The van der Waals surface area contributed by atoms with Gasteiger partial charge < -0.3 is 9.84 Å². The number of sulfonamides is 1. The Morgan fingerprint density at radius 2 is 1.97 bits per heavy atom. The van der Waals surface area contributed by atoms with Crippen LogP contribution < -0.4 is 5.32 Å². The lowest BCUT2D eigenvalue weighted by molar-refractivity contribution is -0.126. The molecule has 10 heteroatoms. The molecule has 31 heavy (non-hydrogen) atoms. The van der Waals surface area contributed by atoms with Gasteiger partial charge in [-0.15, -0.1) is 11.3 Å². The average Bonchev–Trinajstić information content (AvgIpc) is 3.14. The van der Waals surface area contributed by atoms with Crippen molar-refractivity contribution in [3.05, 3.63) is 16.8 Å². The summed E-state index contributed by atoms with van der Waals surface area (Å²) < 4.78 is 33.7. The molecule has 1 unspecified atom stereocenters. The van der Waals surface area contributed by atoms with E-state index in [0.29, 0.717) is 40.4 Å². The first-order valence-electron chi connectivity index (χ1n) is 11.2. The molecule has 1 N–H and O–H groups in total. The first-order valence-corrected chi connectivity index (χ1v) is 13.4. The second kappa shape index (κ2) is 8.29. The molecule has 3 fully saturated rings. The third-order valence-corrected chi connectivity index (χ3v) is 9.70. The number of carbonyl (C=O) groups excluding carboxylic acids is 1. The molecule has 2 aromatic heterocycles. The summed E-state index contributed by atoms with van der Waals surface area (Å²) in [6, 6.07) is 1.90. The van der Waals surface area contributed by atoms with E-state index >= 15 is 0 Å². The highest BCUT2D eigenvalue weighted by molar-refractivity contribution is 7.89. The lowest BCUT2D eigenvalue weighted by atomic mass is 9.98. The molecule has 5 rings (SSSR count). The predicted molar refractivity (Wildman–Crippen MR) is 116 cm³/mol. The standard InChI is InChI=1S/C21H28N4O4S2/c1-13-18(11-17(30-13)19-23-21(29-24-19)14-8-9-14)31(27,28)25-10-4-5-15(12-25)20(26)22-16-6-2-3-7-16/h11,14-16H,2-10,12H2,1H3,(H,22,26). The van der Waals surface area contributed by atoms with Crippen LogP contribution in [0.4, 0.5) is 0 Å². The van der Waals surface area contributed by atoms with Crippen molar-refractivity contribution in [1.29, 1.82) is 0 Å². The van der Waals surface area contributed by atoms with Crippen molar-refractivity contribution >= 4 is 27.3 Å². The lowest BCUT2D eigenvalue weighted by Crippen LogP contribution is -2.47. The highest BCUT2D eigenvalue weighted by atomic mass is 32.2. The van der Waals surface area contributed by atoms with Crippen molar-refractivity contribution < 1.29 is 17.7 Å². The minimum atomic E-state index is -3.69. The summed E-state index contributed by atoms with van der Waals surface area (Å²) in [5, 5.41) is 7.17. The average molecular weight is 465 g/mol. The van der Waals surface area contributed by atoms with Gasteiger partial charge in [-0.05, 0) is 51.5 Å². The number of hydrogen-bond donors (Lipinski definition) is 1. The molecule has 0 spiro atoms. The molecule has 2 saturated carbocycles. The van der Waals surface area contributed by atoms with E-state index in [0.717, 1.165) is 44.9 Å². The van der Waals surface area contributed by atoms with E-state index in [1.165, 1.54) is 15.6 Å². The largest absolute Gasteiger partial charge is 0.353 e. The van der Waals surface area contributed by atoms with Gasteiger partial charge in [0.25, 0.3) is 0 Å². The van der Waals surface area contributed by atoms with Gasteiger partial charge in [-0.3, -0.25) is 4.79 Å². The second-order valence-electron chi connectivity index (χ2n) is 8.95. The van der Waals surface area contributed by atoms with Gasteiger partial charge >= 0.3 is 0 Å². The van der Waals surface area contributed by atoms with Gasteiger partial charge in [-0.2, -0.15) is 9.29 Å². The number of aryl methyl sites for hydroxylation is 1. The van der Waals surface area contributed by atoms with Crippen LogP contribution in [0.5, 0.6) is 0 Å². The first kappa shape index (κ1) is 21.1.